The minimum Gasteiger partial charge on any atom is -0.295 e. The van der Waals surface area contributed by atoms with Crippen LogP contribution in [0.5, 0.6) is 0 Å². The van der Waals surface area contributed by atoms with Crippen molar-refractivity contribution in [2.45, 2.75) is 52.1 Å². The van der Waals surface area contributed by atoms with Crippen molar-refractivity contribution in [1.29, 1.82) is 0 Å². The fraction of sp³-hybridized carbons (Fsp3) is 0.600. The van der Waals surface area contributed by atoms with Gasteiger partial charge in [0.15, 0.2) is 0 Å². The summed E-state index contributed by atoms with van der Waals surface area (Å²) < 4.78 is 0. The zero-order valence-corrected chi connectivity index (χ0v) is 11.3. The van der Waals surface area contributed by atoms with Gasteiger partial charge >= 0.3 is 0 Å². The molecule has 0 saturated carbocycles. The molecule has 0 fully saturated rings. The largest absolute Gasteiger partial charge is 0.295 e. The van der Waals surface area contributed by atoms with Crippen LogP contribution >= 0.6 is 0 Å². The summed E-state index contributed by atoms with van der Waals surface area (Å²) >= 11 is 0. The van der Waals surface area contributed by atoms with E-state index >= 15 is 0 Å². The summed E-state index contributed by atoms with van der Waals surface area (Å²) in [5.74, 6) is 0. The van der Waals surface area contributed by atoms with Crippen molar-refractivity contribution in [2.75, 3.05) is 6.54 Å². The third kappa shape index (κ3) is 4.49. The molecule has 0 amide bonds. The van der Waals surface area contributed by atoms with E-state index in [0.29, 0.717) is 0 Å². The molecule has 96 valence electrons. The van der Waals surface area contributed by atoms with Gasteiger partial charge in [-0.05, 0) is 31.2 Å². The van der Waals surface area contributed by atoms with Crippen LogP contribution in [0.2, 0.25) is 0 Å². The zero-order chi connectivity index (χ0) is 12.6. The lowest BCUT2D eigenvalue weighted by Gasteiger charge is -2.30. The number of hydrogen-bond donors (Lipinski definition) is 1. The molecule has 2 nitrogen and oxygen atoms in total. The Morgan fingerprint density at radius 3 is 2.12 bits per heavy atom. The molecule has 0 radical (unpaired) electrons. The summed E-state index contributed by atoms with van der Waals surface area (Å²) in [6.45, 7) is 7.43. The Kier molecular flexibility index (Phi) is 6.23. The van der Waals surface area contributed by atoms with Crippen LogP contribution in [-0.2, 0) is 11.3 Å². The van der Waals surface area contributed by atoms with Gasteiger partial charge in [-0.3, -0.25) is 4.84 Å². The topological polar surface area (TPSA) is 21.3 Å². The fourth-order valence-corrected chi connectivity index (χ4v) is 2.01. The molecule has 0 aliphatic heterocycles. The Morgan fingerprint density at radius 1 is 1.00 bits per heavy atom. The number of hydrogen-bond acceptors (Lipinski definition) is 2. The van der Waals surface area contributed by atoms with Crippen LogP contribution in [0.25, 0.3) is 0 Å². The van der Waals surface area contributed by atoms with Crippen LogP contribution in [0.15, 0.2) is 30.3 Å². The van der Waals surface area contributed by atoms with E-state index in [1.54, 1.807) is 0 Å². The van der Waals surface area contributed by atoms with Gasteiger partial charge in [-0.2, -0.15) is 0 Å². The summed E-state index contributed by atoms with van der Waals surface area (Å²) in [5.41, 5.74) is 4.48. The van der Waals surface area contributed by atoms with Crippen molar-refractivity contribution in [1.82, 2.24) is 5.48 Å². The molecule has 0 aliphatic rings. The molecule has 1 N–H and O–H groups in total. The van der Waals surface area contributed by atoms with Crippen LogP contribution in [0.3, 0.4) is 0 Å². The first-order valence-corrected chi connectivity index (χ1v) is 6.71. The van der Waals surface area contributed by atoms with Gasteiger partial charge in [0.05, 0.1) is 5.60 Å². The standard InChI is InChI=1S/C15H25NO/c1-4-15(5-2,6-3)17-16-13-12-14-10-8-7-9-11-14/h7-11,16H,4-6,12-13H2,1-3H3. The molecule has 0 heterocycles. The number of benzene rings is 1. The SMILES string of the molecule is CCC(CC)(CC)ONCCc1ccccc1. The second-order valence-electron chi connectivity index (χ2n) is 4.48. The lowest BCUT2D eigenvalue weighted by molar-refractivity contribution is -0.113. The van der Waals surface area contributed by atoms with Crippen LogP contribution in [-0.4, -0.2) is 12.1 Å². The van der Waals surface area contributed by atoms with Crippen molar-refractivity contribution in [3.8, 4) is 0 Å². The van der Waals surface area contributed by atoms with Gasteiger partial charge in [0, 0.05) is 6.54 Å². The highest BCUT2D eigenvalue weighted by Crippen LogP contribution is 2.22. The number of nitrogens with one attached hydrogen (secondary N) is 1. The Labute approximate surface area is 105 Å². The summed E-state index contributed by atoms with van der Waals surface area (Å²) in [4.78, 5) is 5.85. The highest BCUT2D eigenvalue weighted by molar-refractivity contribution is 5.14. The molecular weight excluding hydrogens is 210 g/mol. The summed E-state index contributed by atoms with van der Waals surface area (Å²) in [6.07, 6.45) is 4.17. The highest BCUT2D eigenvalue weighted by atomic mass is 16.7. The third-order valence-corrected chi connectivity index (χ3v) is 3.58. The molecule has 0 saturated heterocycles. The van der Waals surface area contributed by atoms with Crippen molar-refractivity contribution in [3.63, 3.8) is 0 Å². The average Bonchev–Trinajstić information content (AvgIpc) is 2.41. The Balaban J connectivity index is 2.28. The van der Waals surface area contributed by atoms with Gasteiger partial charge in [-0.25, -0.2) is 5.48 Å². The van der Waals surface area contributed by atoms with Crippen LogP contribution in [0.4, 0.5) is 0 Å². The summed E-state index contributed by atoms with van der Waals surface area (Å²) in [7, 11) is 0. The molecule has 0 spiro atoms. The van der Waals surface area contributed by atoms with Crippen LogP contribution in [0.1, 0.15) is 45.6 Å². The normalized spacial score (nSPS) is 11.7. The molecule has 1 aromatic rings. The van der Waals surface area contributed by atoms with Crippen molar-refractivity contribution >= 4 is 0 Å². The monoisotopic (exact) mass is 235 g/mol. The molecular formula is C15H25NO. The van der Waals surface area contributed by atoms with Crippen LogP contribution < -0.4 is 5.48 Å². The van der Waals surface area contributed by atoms with Gasteiger partial charge in [0.1, 0.15) is 0 Å². The first-order chi connectivity index (χ1) is 8.26. The quantitative estimate of drug-likeness (QED) is 0.548. The van der Waals surface area contributed by atoms with E-state index in [2.05, 4.69) is 50.5 Å². The van der Waals surface area contributed by atoms with E-state index in [9.17, 15) is 0 Å². The zero-order valence-electron chi connectivity index (χ0n) is 11.3. The van der Waals surface area contributed by atoms with Crippen molar-refractivity contribution in [3.05, 3.63) is 35.9 Å². The molecule has 1 rings (SSSR count). The third-order valence-electron chi connectivity index (χ3n) is 3.58. The van der Waals surface area contributed by atoms with Gasteiger partial charge < -0.3 is 0 Å². The maximum absolute atomic E-state index is 5.85. The molecule has 0 unspecified atom stereocenters. The molecule has 2 heteroatoms. The summed E-state index contributed by atoms with van der Waals surface area (Å²) in [6, 6.07) is 10.5. The van der Waals surface area contributed by atoms with Crippen molar-refractivity contribution < 1.29 is 4.84 Å². The second-order valence-corrected chi connectivity index (χ2v) is 4.48. The first-order valence-electron chi connectivity index (χ1n) is 6.71. The van der Waals surface area contributed by atoms with E-state index in [0.717, 1.165) is 32.2 Å². The highest BCUT2D eigenvalue weighted by Gasteiger charge is 2.24. The Hall–Kier alpha value is -0.860. The minimum absolute atomic E-state index is 0.0106. The Morgan fingerprint density at radius 2 is 1.59 bits per heavy atom. The molecule has 0 atom stereocenters. The van der Waals surface area contributed by atoms with Gasteiger partial charge in [-0.1, -0.05) is 51.1 Å². The molecule has 1 aromatic carbocycles. The van der Waals surface area contributed by atoms with Crippen molar-refractivity contribution in [2.24, 2.45) is 0 Å². The van der Waals surface area contributed by atoms with E-state index in [1.807, 2.05) is 6.07 Å². The fourth-order valence-electron chi connectivity index (χ4n) is 2.01. The average molecular weight is 235 g/mol. The van der Waals surface area contributed by atoms with E-state index in [4.69, 9.17) is 4.84 Å². The Bertz CT molecular complexity index is 285. The predicted molar refractivity (Wildman–Crippen MR) is 72.8 cm³/mol. The van der Waals surface area contributed by atoms with Crippen LogP contribution in [0, 0.1) is 0 Å². The second kappa shape index (κ2) is 7.46. The van der Waals surface area contributed by atoms with Gasteiger partial charge in [0.2, 0.25) is 0 Å². The number of rotatable bonds is 8. The first kappa shape index (κ1) is 14.2. The van der Waals surface area contributed by atoms with Gasteiger partial charge in [0.25, 0.3) is 0 Å². The molecule has 0 bridgehead atoms. The van der Waals surface area contributed by atoms with E-state index in [-0.39, 0.29) is 5.60 Å². The lowest BCUT2D eigenvalue weighted by atomic mass is 9.94. The smallest absolute Gasteiger partial charge is 0.0889 e. The minimum atomic E-state index is 0.0106. The van der Waals surface area contributed by atoms with E-state index < -0.39 is 0 Å². The predicted octanol–water partition coefficient (Wildman–Crippen LogP) is 3.72. The lowest BCUT2D eigenvalue weighted by Crippen LogP contribution is -2.37. The molecule has 0 aliphatic carbocycles. The summed E-state index contributed by atoms with van der Waals surface area (Å²) in [5, 5.41) is 0. The number of hydroxylamine groups is 1. The maximum atomic E-state index is 5.85. The maximum Gasteiger partial charge on any atom is 0.0889 e. The molecule has 0 aromatic heterocycles. The van der Waals surface area contributed by atoms with Gasteiger partial charge in [-0.15, -0.1) is 0 Å². The molecule has 17 heavy (non-hydrogen) atoms. The van der Waals surface area contributed by atoms with E-state index in [1.165, 1.54) is 5.56 Å².